The normalized spacial score (nSPS) is 14.4. The summed E-state index contributed by atoms with van der Waals surface area (Å²) < 4.78 is 41.2. The molecule has 1 aliphatic heterocycles. The molecule has 0 saturated carbocycles. The molecule has 2 N–H and O–H groups in total. The summed E-state index contributed by atoms with van der Waals surface area (Å²) in [5.74, 6) is -0.868. The van der Waals surface area contributed by atoms with Crippen molar-refractivity contribution in [3.63, 3.8) is 0 Å². The number of hydrogen-bond acceptors (Lipinski definition) is 4. The fourth-order valence-corrected chi connectivity index (χ4v) is 3.88. The van der Waals surface area contributed by atoms with Gasteiger partial charge in [-0.15, -0.1) is 12.4 Å². The fourth-order valence-electron chi connectivity index (χ4n) is 2.78. The van der Waals surface area contributed by atoms with Crippen LogP contribution in [0.1, 0.15) is 15.9 Å². The van der Waals surface area contributed by atoms with Crippen molar-refractivity contribution in [2.75, 3.05) is 30.9 Å². The molecule has 1 fully saturated rings. The van der Waals surface area contributed by atoms with Crippen molar-refractivity contribution in [1.82, 2.24) is 10.2 Å². The zero-order valence-corrected chi connectivity index (χ0v) is 16.4. The van der Waals surface area contributed by atoms with Gasteiger partial charge in [-0.2, -0.15) is 0 Å². The Bertz CT molecular complexity index is 931. The van der Waals surface area contributed by atoms with Crippen LogP contribution in [0, 0.1) is 12.7 Å². The molecule has 0 spiro atoms. The Labute approximate surface area is 164 Å². The molecule has 2 aromatic carbocycles. The fraction of sp³-hybridized carbons (Fsp3) is 0.278. The molecule has 3 rings (SSSR count). The third-order valence-electron chi connectivity index (χ3n) is 4.27. The standard InChI is InChI=1S/C18H20FN3O3S.ClH/c1-13-6-7-14(12-15(13)18(23)22-10-8-20-9-11-22)26(24,25)21-17-5-3-2-4-16(17)19;/h2-7,12,20-21H,8-11H2,1H3;1H. The Morgan fingerprint density at radius 2 is 1.81 bits per heavy atom. The monoisotopic (exact) mass is 413 g/mol. The van der Waals surface area contributed by atoms with Crippen LogP contribution in [0.3, 0.4) is 0 Å². The summed E-state index contributed by atoms with van der Waals surface area (Å²) in [6.07, 6.45) is 0. The minimum Gasteiger partial charge on any atom is -0.336 e. The van der Waals surface area contributed by atoms with Crippen LogP contribution in [0.2, 0.25) is 0 Å². The average Bonchev–Trinajstić information content (AvgIpc) is 2.64. The third-order valence-corrected chi connectivity index (χ3v) is 5.64. The van der Waals surface area contributed by atoms with E-state index in [1.54, 1.807) is 17.9 Å². The van der Waals surface area contributed by atoms with Gasteiger partial charge in [0.05, 0.1) is 10.6 Å². The van der Waals surface area contributed by atoms with Gasteiger partial charge in [0.2, 0.25) is 0 Å². The first kappa shape index (κ1) is 21.1. The Morgan fingerprint density at radius 1 is 1.15 bits per heavy atom. The summed E-state index contributed by atoms with van der Waals surface area (Å²) in [4.78, 5) is 14.4. The van der Waals surface area contributed by atoms with Crippen molar-refractivity contribution in [2.45, 2.75) is 11.8 Å². The average molecular weight is 414 g/mol. The van der Waals surface area contributed by atoms with Crippen LogP contribution in [0.4, 0.5) is 10.1 Å². The molecule has 9 heteroatoms. The smallest absolute Gasteiger partial charge is 0.262 e. The number of para-hydroxylation sites is 1. The van der Waals surface area contributed by atoms with Gasteiger partial charge in [0.25, 0.3) is 15.9 Å². The highest BCUT2D eigenvalue weighted by atomic mass is 35.5. The van der Waals surface area contributed by atoms with Gasteiger partial charge in [-0.3, -0.25) is 9.52 Å². The maximum atomic E-state index is 13.8. The summed E-state index contributed by atoms with van der Waals surface area (Å²) in [5, 5.41) is 3.17. The maximum absolute atomic E-state index is 13.8. The zero-order valence-electron chi connectivity index (χ0n) is 14.7. The Hall–Kier alpha value is -2.16. The number of nitrogens with one attached hydrogen (secondary N) is 2. The van der Waals surface area contributed by atoms with Gasteiger partial charge in [-0.25, -0.2) is 12.8 Å². The Balaban J connectivity index is 0.00000261. The number of carbonyl (C=O) groups is 1. The second kappa shape index (κ2) is 8.69. The van der Waals surface area contributed by atoms with E-state index in [4.69, 9.17) is 0 Å². The number of benzene rings is 2. The lowest BCUT2D eigenvalue weighted by Crippen LogP contribution is -2.46. The number of sulfonamides is 1. The van der Waals surface area contributed by atoms with Gasteiger partial charge in [0, 0.05) is 31.7 Å². The lowest BCUT2D eigenvalue weighted by molar-refractivity contribution is 0.0735. The van der Waals surface area contributed by atoms with E-state index in [0.717, 1.165) is 0 Å². The largest absolute Gasteiger partial charge is 0.336 e. The van der Waals surface area contributed by atoms with Gasteiger partial charge < -0.3 is 10.2 Å². The first-order valence-electron chi connectivity index (χ1n) is 8.26. The van der Waals surface area contributed by atoms with Gasteiger partial charge >= 0.3 is 0 Å². The van der Waals surface area contributed by atoms with Gasteiger partial charge in [0.15, 0.2) is 0 Å². The van der Waals surface area contributed by atoms with Crippen molar-refractivity contribution in [1.29, 1.82) is 0 Å². The van der Waals surface area contributed by atoms with Crippen molar-refractivity contribution in [3.05, 3.63) is 59.4 Å². The number of hydrogen-bond donors (Lipinski definition) is 2. The lowest BCUT2D eigenvalue weighted by atomic mass is 10.1. The summed E-state index contributed by atoms with van der Waals surface area (Å²) in [7, 11) is -4.01. The van der Waals surface area contributed by atoms with E-state index < -0.39 is 15.8 Å². The van der Waals surface area contributed by atoms with E-state index in [0.29, 0.717) is 37.3 Å². The maximum Gasteiger partial charge on any atom is 0.262 e. The molecular formula is C18H21ClFN3O3S. The Kier molecular flexibility index (Phi) is 6.80. The van der Waals surface area contributed by atoms with E-state index in [9.17, 15) is 17.6 Å². The molecule has 6 nitrogen and oxygen atoms in total. The lowest BCUT2D eigenvalue weighted by Gasteiger charge is -2.28. The van der Waals surface area contributed by atoms with Crippen LogP contribution >= 0.6 is 12.4 Å². The second-order valence-corrected chi connectivity index (χ2v) is 7.79. The molecule has 1 saturated heterocycles. The molecule has 0 radical (unpaired) electrons. The van der Waals surface area contributed by atoms with Crippen LogP contribution in [0.5, 0.6) is 0 Å². The van der Waals surface area contributed by atoms with E-state index in [1.165, 1.54) is 36.4 Å². The first-order chi connectivity index (χ1) is 12.4. The van der Waals surface area contributed by atoms with Crippen molar-refractivity contribution in [3.8, 4) is 0 Å². The molecule has 0 bridgehead atoms. The van der Waals surface area contributed by atoms with Gasteiger partial charge in [-0.05, 0) is 36.8 Å². The van der Waals surface area contributed by atoms with Crippen LogP contribution in [0.15, 0.2) is 47.4 Å². The quantitative estimate of drug-likeness (QED) is 0.806. The minimum absolute atomic E-state index is 0. The first-order valence-corrected chi connectivity index (χ1v) is 9.75. The summed E-state index contributed by atoms with van der Waals surface area (Å²) in [5.41, 5.74) is 0.893. The van der Waals surface area contributed by atoms with E-state index in [1.807, 2.05) is 0 Å². The number of piperazine rings is 1. The highest BCUT2D eigenvalue weighted by molar-refractivity contribution is 7.92. The number of carbonyl (C=O) groups excluding carboxylic acids is 1. The van der Waals surface area contributed by atoms with Crippen LogP contribution in [-0.4, -0.2) is 45.4 Å². The van der Waals surface area contributed by atoms with Crippen molar-refractivity contribution in [2.24, 2.45) is 0 Å². The number of anilines is 1. The number of nitrogens with zero attached hydrogens (tertiary/aromatic N) is 1. The van der Waals surface area contributed by atoms with Crippen molar-refractivity contribution >= 4 is 34.0 Å². The summed E-state index contributed by atoms with van der Waals surface area (Å²) in [6.45, 7) is 4.32. The van der Waals surface area contributed by atoms with Crippen molar-refractivity contribution < 1.29 is 17.6 Å². The Morgan fingerprint density at radius 3 is 2.48 bits per heavy atom. The number of amides is 1. The summed E-state index contributed by atoms with van der Waals surface area (Å²) in [6, 6.07) is 9.88. The molecule has 1 amide bonds. The molecule has 27 heavy (non-hydrogen) atoms. The number of rotatable bonds is 4. The molecule has 0 aromatic heterocycles. The molecule has 0 atom stereocenters. The third kappa shape index (κ3) is 4.77. The molecule has 0 aliphatic carbocycles. The second-order valence-electron chi connectivity index (χ2n) is 6.10. The van der Waals surface area contributed by atoms with E-state index in [2.05, 4.69) is 10.0 Å². The van der Waals surface area contributed by atoms with Gasteiger partial charge in [-0.1, -0.05) is 18.2 Å². The molecular weight excluding hydrogens is 393 g/mol. The predicted octanol–water partition coefficient (Wildman–Crippen LogP) is 2.40. The van der Waals surface area contributed by atoms with Gasteiger partial charge in [0.1, 0.15) is 5.82 Å². The molecule has 0 unspecified atom stereocenters. The number of halogens is 2. The molecule has 146 valence electrons. The molecule has 1 heterocycles. The molecule has 2 aromatic rings. The van der Waals surface area contributed by atoms with Crippen LogP contribution in [0.25, 0.3) is 0 Å². The molecule has 1 aliphatic rings. The highest BCUT2D eigenvalue weighted by Crippen LogP contribution is 2.22. The van der Waals surface area contributed by atoms with E-state index >= 15 is 0 Å². The topological polar surface area (TPSA) is 78.5 Å². The predicted molar refractivity (Wildman–Crippen MR) is 104 cm³/mol. The zero-order chi connectivity index (χ0) is 18.7. The summed E-state index contributed by atoms with van der Waals surface area (Å²) >= 11 is 0. The highest BCUT2D eigenvalue weighted by Gasteiger charge is 2.23. The van der Waals surface area contributed by atoms with Crippen LogP contribution in [-0.2, 0) is 10.0 Å². The SMILES string of the molecule is Cc1ccc(S(=O)(=O)Nc2ccccc2F)cc1C(=O)N1CCNCC1.Cl. The van der Waals surface area contributed by atoms with Crippen LogP contribution < -0.4 is 10.0 Å². The number of aryl methyl sites for hydroxylation is 1. The minimum atomic E-state index is -4.01. The van der Waals surface area contributed by atoms with E-state index in [-0.39, 0.29) is 28.9 Å².